The Morgan fingerprint density at radius 2 is 1.86 bits per heavy atom. The predicted molar refractivity (Wildman–Crippen MR) is 102 cm³/mol. The van der Waals surface area contributed by atoms with Gasteiger partial charge in [0.15, 0.2) is 0 Å². The van der Waals surface area contributed by atoms with Gasteiger partial charge in [-0.3, -0.25) is 4.90 Å². The number of benzene rings is 1. The summed E-state index contributed by atoms with van der Waals surface area (Å²) in [7, 11) is 0. The molecule has 2 aliphatic rings. The molecule has 0 aliphatic carbocycles. The summed E-state index contributed by atoms with van der Waals surface area (Å²) in [4.78, 5) is 8.80. The number of ether oxygens (including phenoxy) is 1. The van der Waals surface area contributed by atoms with Crippen molar-refractivity contribution >= 4 is 5.82 Å². The second-order valence-electron chi connectivity index (χ2n) is 7.55. The lowest BCUT2D eigenvalue weighted by molar-refractivity contribution is -0.127. The number of hydrogen-bond donors (Lipinski definition) is 0. The molecule has 0 saturated carbocycles. The molecule has 1 saturated heterocycles. The minimum Gasteiger partial charge on any atom is -0.488 e. The minimum atomic E-state index is -4.20. The van der Waals surface area contributed by atoms with Crippen molar-refractivity contribution in [2.45, 2.75) is 38.1 Å². The van der Waals surface area contributed by atoms with E-state index in [4.69, 9.17) is 4.74 Å². The summed E-state index contributed by atoms with van der Waals surface area (Å²) in [6, 6.07) is 11.7. The quantitative estimate of drug-likeness (QED) is 0.795. The van der Waals surface area contributed by atoms with E-state index in [-0.39, 0.29) is 11.7 Å². The van der Waals surface area contributed by atoms with Gasteiger partial charge in [-0.1, -0.05) is 24.3 Å². The van der Waals surface area contributed by atoms with Crippen molar-refractivity contribution in [3.63, 3.8) is 0 Å². The van der Waals surface area contributed by atoms with Gasteiger partial charge in [-0.25, -0.2) is 4.98 Å². The number of piperazine rings is 1. The standard InChI is InChI=1S/C21H24F3N3O/c1-15(19-12-17-4-2-3-5-18(17)28-19)26-8-10-27(11-9-26)20-7-6-16(14-25-20)13-21(22,23)24/h2-7,14-15,19H,8-13H2,1H3. The fourth-order valence-corrected chi connectivity index (χ4v) is 4.01. The highest BCUT2D eigenvalue weighted by molar-refractivity contribution is 5.40. The van der Waals surface area contributed by atoms with Crippen molar-refractivity contribution in [1.29, 1.82) is 0 Å². The molecule has 2 aromatic rings. The first-order valence-corrected chi connectivity index (χ1v) is 9.64. The number of alkyl halides is 3. The molecular weight excluding hydrogens is 367 g/mol. The van der Waals surface area contributed by atoms with Gasteiger partial charge in [0.25, 0.3) is 0 Å². The minimum absolute atomic E-state index is 0.156. The van der Waals surface area contributed by atoms with Gasteiger partial charge in [-0.05, 0) is 30.2 Å². The average Bonchev–Trinajstić information content (AvgIpc) is 3.11. The molecule has 0 N–H and O–H groups in total. The molecule has 0 amide bonds. The van der Waals surface area contributed by atoms with Crippen molar-refractivity contribution in [3.05, 3.63) is 53.7 Å². The van der Waals surface area contributed by atoms with Gasteiger partial charge in [0, 0.05) is 44.8 Å². The maximum Gasteiger partial charge on any atom is 0.393 e. The lowest BCUT2D eigenvalue weighted by Gasteiger charge is -2.40. The predicted octanol–water partition coefficient (Wildman–Crippen LogP) is 3.70. The molecule has 150 valence electrons. The van der Waals surface area contributed by atoms with Crippen LogP contribution < -0.4 is 9.64 Å². The summed E-state index contributed by atoms with van der Waals surface area (Å²) < 4.78 is 43.6. The third kappa shape index (κ3) is 4.24. The van der Waals surface area contributed by atoms with Crippen LogP contribution >= 0.6 is 0 Å². The van der Waals surface area contributed by atoms with Crippen molar-refractivity contribution in [3.8, 4) is 5.75 Å². The third-order valence-corrected chi connectivity index (χ3v) is 5.64. The van der Waals surface area contributed by atoms with E-state index in [0.717, 1.165) is 44.2 Å². The average molecular weight is 391 g/mol. The summed E-state index contributed by atoms with van der Waals surface area (Å²) in [6.45, 7) is 5.56. The van der Waals surface area contributed by atoms with Crippen LogP contribution in [-0.2, 0) is 12.8 Å². The Balaban J connectivity index is 1.31. The fourth-order valence-electron chi connectivity index (χ4n) is 4.01. The Hall–Kier alpha value is -2.28. The summed E-state index contributed by atoms with van der Waals surface area (Å²) in [5, 5.41) is 0. The van der Waals surface area contributed by atoms with Crippen LogP contribution in [0.3, 0.4) is 0 Å². The molecule has 1 aromatic heterocycles. The van der Waals surface area contributed by atoms with Crippen LogP contribution in [-0.4, -0.2) is 54.4 Å². The first-order chi connectivity index (χ1) is 13.4. The Morgan fingerprint density at radius 1 is 1.11 bits per heavy atom. The highest BCUT2D eigenvalue weighted by Gasteiger charge is 2.33. The zero-order valence-electron chi connectivity index (χ0n) is 15.8. The van der Waals surface area contributed by atoms with Crippen molar-refractivity contribution in [2.24, 2.45) is 0 Å². The highest BCUT2D eigenvalue weighted by Crippen LogP contribution is 2.31. The zero-order chi connectivity index (χ0) is 19.7. The molecule has 28 heavy (non-hydrogen) atoms. The fraction of sp³-hybridized carbons (Fsp3) is 0.476. The summed E-state index contributed by atoms with van der Waals surface area (Å²) in [5.41, 5.74) is 1.46. The van der Waals surface area contributed by atoms with Gasteiger partial charge in [0.2, 0.25) is 0 Å². The molecule has 1 fully saturated rings. The van der Waals surface area contributed by atoms with E-state index >= 15 is 0 Å². The Labute approximate surface area is 162 Å². The largest absolute Gasteiger partial charge is 0.488 e. The van der Waals surface area contributed by atoms with E-state index in [0.29, 0.717) is 6.04 Å². The van der Waals surface area contributed by atoms with Gasteiger partial charge in [-0.15, -0.1) is 0 Å². The third-order valence-electron chi connectivity index (χ3n) is 5.64. The van der Waals surface area contributed by atoms with Gasteiger partial charge >= 0.3 is 6.18 Å². The molecule has 2 unspecified atom stereocenters. The molecule has 2 atom stereocenters. The first kappa shape index (κ1) is 19.1. The van der Waals surface area contributed by atoms with Crippen molar-refractivity contribution in [1.82, 2.24) is 9.88 Å². The van der Waals surface area contributed by atoms with Crippen LogP contribution in [0.15, 0.2) is 42.6 Å². The topological polar surface area (TPSA) is 28.6 Å². The molecule has 0 spiro atoms. The highest BCUT2D eigenvalue weighted by atomic mass is 19.4. The summed E-state index contributed by atoms with van der Waals surface area (Å²) >= 11 is 0. The van der Waals surface area contributed by atoms with E-state index in [1.165, 1.54) is 17.8 Å². The molecule has 0 radical (unpaired) electrons. The van der Waals surface area contributed by atoms with E-state index in [1.807, 2.05) is 18.2 Å². The number of nitrogens with zero attached hydrogens (tertiary/aromatic N) is 3. The first-order valence-electron chi connectivity index (χ1n) is 9.64. The van der Waals surface area contributed by atoms with Crippen LogP contribution in [0.4, 0.5) is 19.0 Å². The Bertz CT molecular complexity index is 776. The number of fused-ring (bicyclic) bond motifs is 1. The smallest absolute Gasteiger partial charge is 0.393 e. The number of aromatic nitrogens is 1. The maximum absolute atomic E-state index is 12.5. The Kier molecular flexibility index (Phi) is 5.19. The van der Waals surface area contributed by atoms with Crippen molar-refractivity contribution in [2.75, 3.05) is 31.1 Å². The van der Waals surface area contributed by atoms with Crippen LogP contribution in [0.2, 0.25) is 0 Å². The maximum atomic E-state index is 12.5. The number of halogens is 3. The number of pyridine rings is 1. The Morgan fingerprint density at radius 3 is 2.50 bits per heavy atom. The zero-order valence-corrected chi connectivity index (χ0v) is 15.8. The second kappa shape index (κ2) is 7.62. The number of anilines is 1. The van der Waals surface area contributed by atoms with Crippen LogP contribution in [0.1, 0.15) is 18.1 Å². The molecule has 1 aromatic carbocycles. The van der Waals surface area contributed by atoms with Crippen LogP contribution in [0, 0.1) is 0 Å². The van der Waals surface area contributed by atoms with Gasteiger partial charge in [0.05, 0.1) is 6.42 Å². The summed E-state index contributed by atoms with van der Waals surface area (Å²) in [6.07, 6.45) is -2.72. The second-order valence-corrected chi connectivity index (χ2v) is 7.55. The number of rotatable bonds is 4. The van der Waals surface area contributed by atoms with Crippen molar-refractivity contribution < 1.29 is 17.9 Å². The van der Waals surface area contributed by atoms with Gasteiger partial charge in [0.1, 0.15) is 17.7 Å². The molecule has 4 nitrogen and oxygen atoms in total. The van der Waals surface area contributed by atoms with E-state index in [9.17, 15) is 13.2 Å². The normalized spacial score (nSPS) is 21.3. The molecule has 4 rings (SSSR count). The SMILES string of the molecule is CC(C1Cc2ccccc2O1)N1CCN(c2ccc(CC(F)(F)F)cn2)CC1. The van der Waals surface area contributed by atoms with E-state index in [2.05, 4.69) is 27.8 Å². The van der Waals surface area contributed by atoms with E-state index in [1.54, 1.807) is 6.07 Å². The number of para-hydroxylation sites is 1. The van der Waals surface area contributed by atoms with Crippen LogP contribution in [0.5, 0.6) is 5.75 Å². The lowest BCUT2D eigenvalue weighted by atomic mass is 10.0. The van der Waals surface area contributed by atoms with Gasteiger partial charge < -0.3 is 9.64 Å². The van der Waals surface area contributed by atoms with Crippen LogP contribution in [0.25, 0.3) is 0 Å². The molecule has 7 heteroatoms. The molecule has 2 aliphatic heterocycles. The number of hydrogen-bond acceptors (Lipinski definition) is 4. The van der Waals surface area contributed by atoms with E-state index < -0.39 is 12.6 Å². The monoisotopic (exact) mass is 391 g/mol. The van der Waals surface area contributed by atoms with Gasteiger partial charge in [-0.2, -0.15) is 13.2 Å². The lowest BCUT2D eigenvalue weighted by Crippen LogP contribution is -2.53. The molecule has 3 heterocycles. The molecular formula is C21H24F3N3O. The molecule has 0 bridgehead atoms. The summed E-state index contributed by atoms with van der Waals surface area (Å²) in [5.74, 6) is 1.73.